The fourth-order valence-corrected chi connectivity index (χ4v) is 1.27. The Morgan fingerprint density at radius 3 is 2.05 bits per heavy atom. The van der Waals surface area contributed by atoms with E-state index in [-0.39, 0.29) is 12.1 Å². The number of carboxylic acid groups (broad SMARTS) is 1. The minimum atomic E-state index is -5.08. The second-order valence-corrected chi connectivity index (χ2v) is 4.58. The van der Waals surface area contributed by atoms with Gasteiger partial charge in [-0.25, -0.2) is 4.79 Å². The quantitative estimate of drug-likeness (QED) is 0.829. The van der Waals surface area contributed by atoms with Gasteiger partial charge in [0.1, 0.15) is 6.04 Å². The molecule has 0 saturated heterocycles. The first kappa shape index (κ1) is 19.9. The molecule has 8 heteroatoms. The van der Waals surface area contributed by atoms with Crippen LogP contribution in [-0.2, 0) is 20.7 Å². The largest absolute Gasteiger partial charge is 0.490 e. The van der Waals surface area contributed by atoms with E-state index in [4.69, 9.17) is 20.4 Å². The predicted octanol–water partition coefficient (Wildman–Crippen LogP) is 2.14. The summed E-state index contributed by atoms with van der Waals surface area (Å²) in [5, 5.41) is 7.12. The third-order valence-electron chi connectivity index (χ3n) is 2.20. The highest BCUT2D eigenvalue weighted by molar-refractivity contribution is 5.76. The number of carbonyl (C=O) groups excluding carboxylic acids is 1. The minimum absolute atomic E-state index is 0.112. The molecule has 0 unspecified atom stereocenters. The van der Waals surface area contributed by atoms with Gasteiger partial charge in [-0.3, -0.25) is 4.79 Å². The van der Waals surface area contributed by atoms with Crippen molar-refractivity contribution in [3.63, 3.8) is 0 Å². The fraction of sp³-hybridized carbons (Fsp3) is 0.429. The molecule has 3 N–H and O–H groups in total. The van der Waals surface area contributed by atoms with E-state index >= 15 is 0 Å². The molecule has 124 valence electrons. The Morgan fingerprint density at radius 2 is 1.68 bits per heavy atom. The number of carboxylic acids is 1. The summed E-state index contributed by atoms with van der Waals surface area (Å²) in [7, 11) is 0. The molecule has 0 fully saturated rings. The van der Waals surface area contributed by atoms with Crippen LogP contribution in [-0.4, -0.2) is 35.4 Å². The number of halogens is 3. The number of benzene rings is 1. The number of hydrogen-bond acceptors (Lipinski definition) is 4. The van der Waals surface area contributed by atoms with Gasteiger partial charge in [-0.1, -0.05) is 30.3 Å². The van der Waals surface area contributed by atoms with Crippen LogP contribution in [0.5, 0.6) is 0 Å². The molecule has 0 aromatic heterocycles. The van der Waals surface area contributed by atoms with Crippen molar-refractivity contribution in [2.24, 2.45) is 5.73 Å². The summed E-state index contributed by atoms with van der Waals surface area (Å²) in [5.74, 6) is -3.10. The number of rotatable bonds is 4. The molecule has 0 aliphatic rings. The van der Waals surface area contributed by atoms with Crippen molar-refractivity contribution < 1.29 is 32.6 Å². The molecular formula is C14H18F3NO4. The van der Waals surface area contributed by atoms with Gasteiger partial charge in [0.2, 0.25) is 0 Å². The molecule has 0 heterocycles. The predicted molar refractivity (Wildman–Crippen MR) is 73.0 cm³/mol. The number of aliphatic carboxylic acids is 1. The lowest BCUT2D eigenvalue weighted by Gasteiger charge is -2.13. The van der Waals surface area contributed by atoms with Crippen molar-refractivity contribution in [1.82, 2.24) is 0 Å². The number of nitrogens with two attached hydrogens (primary N) is 1. The zero-order chi connectivity index (χ0) is 17.3. The molecule has 22 heavy (non-hydrogen) atoms. The van der Waals surface area contributed by atoms with E-state index in [9.17, 15) is 18.0 Å². The third-order valence-corrected chi connectivity index (χ3v) is 2.20. The van der Waals surface area contributed by atoms with Crippen LogP contribution in [0.1, 0.15) is 19.4 Å². The van der Waals surface area contributed by atoms with Gasteiger partial charge < -0.3 is 15.6 Å². The van der Waals surface area contributed by atoms with Crippen molar-refractivity contribution in [2.45, 2.75) is 38.6 Å². The second-order valence-electron chi connectivity index (χ2n) is 4.58. The summed E-state index contributed by atoms with van der Waals surface area (Å²) in [6.07, 6.45) is -4.67. The first-order valence-electron chi connectivity index (χ1n) is 6.34. The molecule has 0 amide bonds. The smallest absolute Gasteiger partial charge is 0.475 e. The van der Waals surface area contributed by atoms with E-state index in [1.165, 1.54) is 0 Å². The Morgan fingerprint density at radius 1 is 1.23 bits per heavy atom. The Bertz CT molecular complexity index is 475. The second kappa shape index (κ2) is 9.04. The molecular weight excluding hydrogens is 303 g/mol. The molecule has 0 aliphatic carbocycles. The average Bonchev–Trinajstić information content (AvgIpc) is 2.38. The molecule has 5 nitrogen and oxygen atoms in total. The van der Waals surface area contributed by atoms with Crippen molar-refractivity contribution in [2.75, 3.05) is 0 Å². The fourth-order valence-electron chi connectivity index (χ4n) is 1.27. The van der Waals surface area contributed by atoms with Crippen LogP contribution in [0, 0.1) is 0 Å². The van der Waals surface area contributed by atoms with Crippen LogP contribution in [0.25, 0.3) is 0 Å². The van der Waals surface area contributed by atoms with Crippen LogP contribution in [0.3, 0.4) is 0 Å². The summed E-state index contributed by atoms with van der Waals surface area (Å²) < 4.78 is 36.8. The molecule has 0 aliphatic heterocycles. The van der Waals surface area contributed by atoms with E-state index in [1.807, 2.05) is 44.2 Å². The number of alkyl halides is 3. The van der Waals surface area contributed by atoms with E-state index in [2.05, 4.69) is 0 Å². The number of esters is 1. The first-order chi connectivity index (χ1) is 10.0. The van der Waals surface area contributed by atoms with Crippen LogP contribution in [0.2, 0.25) is 0 Å². The molecule has 1 aromatic carbocycles. The number of carbonyl (C=O) groups is 2. The van der Waals surface area contributed by atoms with E-state index in [0.29, 0.717) is 6.42 Å². The van der Waals surface area contributed by atoms with Crippen molar-refractivity contribution in [3.05, 3.63) is 35.9 Å². The Balaban J connectivity index is 0.000000534. The lowest BCUT2D eigenvalue weighted by Crippen LogP contribution is -2.35. The summed E-state index contributed by atoms with van der Waals surface area (Å²) in [6.45, 7) is 3.63. The van der Waals surface area contributed by atoms with Gasteiger partial charge >= 0.3 is 18.1 Å². The molecule has 0 radical (unpaired) electrons. The minimum Gasteiger partial charge on any atom is -0.475 e. The maximum Gasteiger partial charge on any atom is 0.490 e. The molecule has 0 bridgehead atoms. The number of ether oxygens (including phenoxy) is 1. The van der Waals surface area contributed by atoms with Gasteiger partial charge in [0, 0.05) is 0 Å². The maximum atomic E-state index is 11.4. The van der Waals surface area contributed by atoms with Crippen LogP contribution < -0.4 is 5.73 Å². The summed E-state index contributed by atoms with van der Waals surface area (Å²) >= 11 is 0. The maximum absolute atomic E-state index is 11.4. The van der Waals surface area contributed by atoms with Crippen molar-refractivity contribution in [3.8, 4) is 0 Å². The van der Waals surface area contributed by atoms with Gasteiger partial charge in [0.05, 0.1) is 6.10 Å². The van der Waals surface area contributed by atoms with Gasteiger partial charge in [0.15, 0.2) is 0 Å². The van der Waals surface area contributed by atoms with Gasteiger partial charge in [0.25, 0.3) is 0 Å². The highest BCUT2D eigenvalue weighted by Gasteiger charge is 2.38. The zero-order valence-corrected chi connectivity index (χ0v) is 12.1. The zero-order valence-electron chi connectivity index (χ0n) is 12.1. The van der Waals surface area contributed by atoms with E-state index < -0.39 is 18.2 Å². The van der Waals surface area contributed by atoms with Crippen LogP contribution in [0.15, 0.2) is 30.3 Å². The SMILES string of the molecule is CC(C)OC(=O)[C@@H](N)Cc1ccccc1.O=C(O)C(F)(F)F. The van der Waals surface area contributed by atoms with Crippen LogP contribution >= 0.6 is 0 Å². The van der Waals surface area contributed by atoms with E-state index in [1.54, 1.807) is 0 Å². The van der Waals surface area contributed by atoms with Crippen LogP contribution in [0.4, 0.5) is 13.2 Å². The standard InChI is InChI=1S/C12H17NO2.C2HF3O2/c1-9(2)15-12(14)11(13)8-10-6-4-3-5-7-10;3-2(4,5)1(6)7/h3-7,9,11H,8,13H2,1-2H3;(H,6,7)/t11-;/m0./s1. The van der Waals surface area contributed by atoms with Crippen molar-refractivity contribution in [1.29, 1.82) is 0 Å². The molecule has 0 spiro atoms. The molecule has 1 aromatic rings. The van der Waals surface area contributed by atoms with Gasteiger partial charge in [-0.05, 0) is 25.8 Å². The summed E-state index contributed by atoms with van der Waals surface area (Å²) in [6, 6.07) is 9.10. The third kappa shape index (κ3) is 8.96. The summed E-state index contributed by atoms with van der Waals surface area (Å²) in [4.78, 5) is 20.3. The first-order valence-corrected chi connectivity index (χ1v) is 6.34. The van der Waals surface area contributed by atoms with Crippen molar-refractivity contribution >= 4 is 11.9 Å². The Labute approximate surface area is 125 Å². The normalized spacial score (nSPS) is 12.1. The lowest BCUT2D eigenvalue weighted by molar-refractivity contribution is -0.192. The topological polar surface area (TPSA) is 89.6 Å². The van der Waals surface area contributed by atoms with Gasteiger partial charge in [-0.15, -0.1) is 0 Å². The molecule has 1 atom stereocenters. The average molecular weight is 321 g/mol. The molecule has 0 saturated carbocycles. The monoisotopic (exact) mass is 321 g/mol. The Kier molecular flexibility index (Phi) is 8.18. The van der Waals surface area contributed by atoms with E-state index in [0.717, 1.165) is 5.56 Å². The van der Waals surface area contributed by atoms with Gasteiger partial charge in [-0.2, -0.15) is 13.2 Å². The number of hydrogen-bond donors (Lipinski definition) is 2. The highest BCUT2D eigenvalue weighted by Crippen LogP contribution is 2.13. The highest BCUT2D eigenvalue weighted by atomic mass is 19.4. The Hall–Kier alpha value is -2.09. The lowest BCUT2D eigenvalue weighted by atomic mass is 10.1. The summed E-state index contributed by atoms with van der Waals surface area (Å²) in [5.41, 5.74) is 6.77. The molecule has 1 rings (SSSR count).